The Morgan fingerprint density at radius 1 is 1.07 bits per heavy atom. The third-order valence-electron chi connectivity index (χ3n) is 5.78. The summed E-state index contributed by atoms with van der Waals surface area (Å²) in [5, 5.41) is 1.90. The quantitative estimate of drug-likeness (QED) is 0.756. The molecule has 2 amide bonds. The van der Waals surface area contributed by atoms with E-state index >= 15 is 0 Å². The summed E-state index contributed by atoms with van der Waals surface area (Å²) in [5.74, 6) is 0.966. The van der Waals surface area contributed by atoms with E-state index in [0.717, 1.165) is 38.2 Å². The third-order valence-corrected chi connectivity index (χ3v) is 6.64. The van der Waals surface area contributed by atoms with Gasteiger partial charge in [-0.05, 0) is 42.0 Å². The van der Waals surface area contributed by atoms with Gasteiger partial charge in [-0.25, -0.2) is 0 Å². The van der Waals surface area contributed by atoms with Crippen LogP contribution in [0, 0.1) is 0 Å². The Morgan fingerprint density at radius 3 is 2.48 bits per heavy atom. The summed E-state index contributed by atoms with van der Waals surface area (Å²) in [6.45, 7) is 4.68. The lowest BCUT2D eigenvalue weighted by Crippen LogP contribution is -2.54. The molecule has 0 bridgehead atoms. The minimum Gasteiger partial charge on any atom is -0.497 e. The van der Waals surface area contributed by atoms with Gasteiger partial charge in [-0.15, -0.1) is 11.3 Å². The van der Waals surface area contributed by atoms with Crippen LogP contribution in [0.4, 0.5) is 0 Å². The van der Waals surface area contributed by atoms with Crippen LogP contribution < -0.4 is 4.74 Å². The Kier molecular flexibility index (Phi) is 6.16. The van der Waals surface area contributed by atoms with E-state index in [-0.39, 0.29) is 17.9 Å². The van der Waals surface area contributed by atoms with E-state index in [4.69, 9.17) is 4.74 Å². The first-order valence-electron chi connectivity index (χ1n) is 10.1. The fourth-order valence-corrected chi connectivity index (χ4v) is 4.81. The number of benzene rings is 1. The van der Waals surface area contributed by atoms with Crippen LogP contribution in [0.15, 0.2) is 41.8 Å². The van der Waals surface area contributed by atoms with Crippen molar-refractivity contribution in [1.82, 2.24) is 14.7 Å². The highest BCUT2D eigenvalue weighted by molar-refractivity contribution is 7.12. The molecule has 0 unspecified atom stereocenters. The summed E-state index contributed by atoms with van der Waals surface area (Å²) >= 11 is 1.44. The second-order valence-corrected chi connectivity index (χ2v) is 8.53. The third kappa shape index (κ3) is 4.46. The van der Waals surface area contributed by atoms with Crippen molar-refractivity contribution in [3.8, 4) is 5.75 Å². The van der Waals surface area contributed by atoms with Crippen molar-refractivity contribution in [2.75, 3.05) is 39.8 Å². The van der Waals surface area contributed by atoms with Gasteiger partial charge in [-0.2, -0.15) is 0 Å². The molecule has 0 radical (unpaired) electrons. The molecule has 1 aromatic heterocycles. The Hall–Kier alpha value is -2.38. The Morgan fingerprint density at radius 2 is 1.83 bits per heavy atom. The summed E-state index contributed by atoms with van der Waals surface area (Å²) in [7, 11) is 1.67. The maximum absolute atomic E-state index is 13.1. The summed E-state index contributed by atoms with van der Waals surface area (Å²) in [6.07, 6.45) is 1.66. The molecule has 2 fully saturated rings. The largest absolute Gasteiger partial charge is 0.497 e. The molecule has 0 N–H and O–H groups in total. The topological polar surface area (TPSA) is 53.1 Å². The molecule has 2 aromatic rings. The van der Waals surface area contributed by atoms with Gasteiger partial charge in [-0.3, -0.25) is 14.5 Å². The summed E-state index contributed by atoms with van der Waals surface area (Å²) < 4.78 is 5.21. The van der Waals surface area contributed by atoms with Gasteiger partial charge < -0.3 is 14.5 Å². The summed E-state index contributed by atoms with van der Waals surface area (Å²) in [6, 6.07) is 11.5. The second kappa shape index (κ2) is 8.97. The molecule has 0 saturated carbocycles. The minimum atomic E-state index is -0.308. The number of thiophene rings is 1. The maximum Gasteiger partial charge on any atom is 0.264 e. The zero-order valence-electron chi connectivity index (χ0n) is 16.8. The Balaban J connectivity index is 1.31. The fourth-order valence-electron chi connectivity index (χ4n) is 4.13. The minimum absolute atomic E-state index is 0.00556. The highest BCUT2D eigenvalue weighted by Crippen LogP contribution is 2.24. The van der Waals surface area contributed by atoms with Gasteiger partial charge in [-0.1, -0.05) is 18.2 Å². The van der Waals surface area contributed by atoms with E-state index in [1.165, 1.54) is 16.9 Å². The molecule has 1 aromatic carbocycles. The molecule has 0 spiro atoms. The van der Waals surface area contributed by atoms with E-state index < -0.39 is 0 Å². The highest BCUT2D eigenvalue weighted by atomic mass is 32.1. The summed E-state index contributed by atoms with van der Waals surface area (Å²) in [4.78, 5) is 32.7. The van der Waals surface area contributed by atoms with E-state index in [9.17, 15) is 9.59 Å². The zero-order chi connectivity index (χ0) is 20.2. The zero-order valence-corrected chi connectivity index (χ0v) is 17.6. The van der Waals surface area contributed by atoms with Gasteiger partial charge in [0.1, 0.15) is 11.8 Å². The summed E-state index contributed by atoms with van der Waals surface area (Å²) in [5.41, 5.74) is 1.24. The molecule has 2 saturated heterocycles. The molecule has 3 heterocycles. The van der Waals surface area contributed by atoms with Crippen molar-refractivity contribution in [1.29, 1.82) is 0 Å². The van der Waals surface area contributed by atoms with Gasteiger partial charge in [0.15, 0.2) is 0 Å². The molecule has 1 atom stereocenters. The van der Waals surface area contributed by atoms with E-state index in [1.54, 1.807) is 12.0 Å². The van der Waals surface area contributed by atoms with Crippen molar-refractivity contribution in [3.05, 3.63) is 52.2 Å². The molecule has 154 valence electrons. The van der Waals surface area contributed by atoms with Crippen LogP contribution >= 0.6 is 11.3 Å². The molecule has 4 rings (SSSR count). The monoisotopic (exact) mass is 413 g/mol. The number of rotatable bonds is 5. The molecule has 29 heavy (non-hydrogen) atoms. The number of ether oxygens (including phenoxy) is 1. The number of likely N-dealkylation sites (tertiary alicyclic amines) is 1. The molecule has 0 aliphatic carbocycles. The van der Waals surface area contributed by atoms with Gasteiger partial charge in [0.2, 0.25) is 5.91 Å². The van der Waals surface area contributed by atoms with Crippen molar-refractivity contribution >= 4 is 23.2 Å². The highest BCUT2D eigenvalue weighted by Gasteiger charge is 2.37. The Labute approximate surface area is 175 Å². The second-order valence-electron chi connectivity index (χ2n) is 7.58. The van der Waals surface area contributed by atoms with Crippen molar-refractivity contribution in [2.45, 2.75) is 25.4 Å². The number of carbonyl (C=O) groups is 2. The first kappa shape index (κ1) is 19.9. The first-order chi connectivity index (χ1) is 14.2. The van der Waals surface area contributed by atoms with E-state index in [0.29, 0.717) is 24.5 Å². The van der Waals surface area contributed by atoms with Gasteiger partial charge in [0.05, 0.1) is 12.0 Å². The lowest BCUT2D eigenvalue weighted by molar-refractivity contribution is -0.137. The van der Waals surface area contributed by atoms with Crippen LogP contribution in [0.25, 0.3) is 0 Å². The van der Waals surface area contributed by atoms with Crippen LogP contribution in [0.1, 0.15) is 28.1 Å². The predicted molar refractivity (Wildman–Crippen MR) is 113 cm³/mol. The number of hydrogen-bond donors (Lipinski definition) is 0. The number of carbonyl (C=O) groups excluding carboxylic acids is 2. The molecular weight excluding hydrogens is 386 g/mol. The van der Waals surface area contributed by atoms with Crippen molar-refractivity contribution in [2.24, 2.45) is 0 Å². The van der Waals surface area contributed by atoms with Crippen LogP contribution in [0.2, 0.25) is 0 Å². The van der Waals surface area contributed by atoms with Gasteiger partial charge >= 0.3 is 0 Å². The SMILES string of the molecule is COc1ccc(CN2CCN(C(=O)[C@@H]3CCCN3C(=O)c3cccs3)CC2)cc1. The molecule has 2 aliphatic heterocycles. The molecular formula is C22H27N3O3S. The van der Waals surface area contributed by atoms with Crippen LogP contribution in [-0.2, 0) is 11.3 Å². The predicted octanol–water partition coefficient (Wildman–Crippen LogP) is 2.71. The standard InChI is InChI=1S/C22H27N3O3S/c1-28-18-8-6-17(7-9-18)16-23-11-13-24(14-12-23)21(26)19-4-2-10-25(19)22(27)20-5-3-15-29-20/h3,5-9,15,19H,2,4,10-14,16H2,1H3/t19-/m0/s1. The molecule has 7 heteroatoms. The van der Waals surface area contributed by atoms with E-state index in [1.807, 2.05) is 34.5 Å². The first-order valence-corrected chi connectivity index (χ1v) is 11.0. The fraction of sp³-hybridized carbons (Fsp3) is 0.455. The number of nitrogens with zero attached hydrogens (tertiary/aromatic N) is 3. The Bertz CT molecular complexity index is 829. The van der Waals surface area contributed by atoms with E-state index in [2.05, 4.69) is 17.0 Å². The number of amides is 2. The average molecular weight is 414 g/mol. The van der Waals surface area contributed by atoms with Crippen molar-refractivity contribution in [3.63, 3.8) is 0 Å². The smallest absolute Gasteiger partial charge is 0.264 e. The maximum atomic E-state index is 13.1. The lowest BCUT2D eigenvalue weighted by atomic mass is 10.1. The average Bonchev–Trinajstić information content (AvgIpc) is 3.46. The molecule has 6 nitrogen and oxygen atoms in total. The normalized spacial score (nSPS) is 20.1. The van der Waals surface area contributed by atoms with Crippen LogP contribution in [0.5, 0.6) is 5.75 Å². The lowest BCUT2D eigenvalue weighted by Gasteiger charge is -2.37. The van der Waals surface area contributed by atoms with Gasteiger partial charge in [0, 0.05) is 39.3 Å². The van der Waals surface area contributed by atoms with Crippen molar-refractivity contribution < 1.29 is 14.3 Å². The number of piperazine rings is 1. The molecule has 2 aliphatic rings. The van der Waals surface area contributed by atoms with Crippen LogP contribution in [-0.4, -0.2) is 72.4 Å². The van der Waals surface area contributed by atoms with Gasteiger partial charge in [0.25, 0.3) is 5.91 Å². The van der Waals surface area contributed by atoms with Crippen LogP contribution in [0.3, 0.4) is 0 Å². The number of hydrogen-bond acceptors (Lipinski definition) is 5. The number of methoxy groups -OCH3 is 1.